The van der Waals surface area contributed by atoms with E-state index in [2.05, 4.69) is 31.0 Å². The quantitative estimate of drug-likeness (QED) is 0.353. The monoisotopic (exact) mass is 293 g/mol. The molecule has 3 unspecified atom stereocenters. The van der Waals surface area contributed by atoms with Crippen molar-refractivity contribution in [3.63, 3.8) is 0 Å². The predicted molar refractivity (Wildman–Crippen MR) is 78.6 cm³/mol. The molecule has 3 atom stereocenters. The lowest BCUT2D eigenvalue weighted by molar-refractivity contribution is -0.138. The number of fused-ring (bicyclic) bond motifs is 2. The molecule has 5 heteroatoms. The third kappa shape index (κ3) is 3.86. The van der Waals surface area contributed by atoms with Crippen molar-refractivity contribution >= 4 is 12.1 Å². The average molecular weight is 293 g/mol. The summed E-state index contributed by atoms with van der Waals surface area (Å²) in [6.07, 6.45) is 6.31. The zero-order valence-electron chi connectivity index (χ0n) is 12.7. The van der Waals surface area contributed by atoms with Gasteiger partial charge in [0.25, 0.3) is 0 Å². The standard InChI is InChI=1S/C16H23NO4/c1-11(2)14(18)20-7-6-17-15(19)21-10-16(3)9-12-4-5-13(16)8-12/h4-5,12-13H,1,6-10H2,2-3H3,(H,17,19). The number of rotatable bonds is 6. The van der Waals surface area contributed by atoms with E-state index < -0.39 is 12.1 Å². The molecule has 1 fully saturated rings. The zero-order chi connectivity index (χ0) is 15.5. The first-order valence-electron chi connectivity index (χ1n) is 7.32. The molecule has 0 aromatic heterocycles. The summed E-state index contributed by atoms with van der Waals surface area (Å²) < 4.78 is 10.2. The lowest BCUT2D eigenvalue weighted by Crippen LogP contribution is -2.34. The van der Waals surface area contributed by atoms with Crippen LogP contribution in [0.2, 0.25) is 0 Å². The minimum absolute atomic E-state index is 0.0587. The van der Waals surface area contributed by atoms with E-state index in [0.29, 0.717) is 24.0 Å². The first-order chi connectivity index (χ1) is 9.90. The molecule has 0 spiro atoms. The van der Waals surface area contributed by atoms with Crippen LogP contribution in [0.3, 0.4) is 0 Å². The van der Waals surface area contributed by atoms with Crippen molar-refractivity contribution in [3.05, 3.63) is 24.3 Å². The fourth-order valence-corrected chi connectivity index (χ4v) is 3.06. The first-order valence-corrected chi connectivity index (χ1v) is 7.32. The number of amides is 1. The second-order valence-electron chi connectivity index (χ2n) is 6.26. The molecule has 2 aliphatic rings. The molecular weight excluding hydrogens is 270 g/mol. The van der Waals surface area contributed by atoms with Gasteiger partial charge >= 0.3 is 12.1 Å². The van der Waals surface area contributed by atoms with Gasteiger partial charge in [-0.25, -0.2) is 9.59 Å². The summed E-state index contributed by atoms with van der Waals surface area (Å²) >= 11 is 0. The summed E-state index contributed by atoms with van der Waals surface area (Å²) in [4.78, 5) is 22.7. The molecular formula is C16H23NO4. The van der Waals surface area contributed by atoms with Gasteiger partial charge in [0.15, 0.2) is 0 Å². The van der Waals surface area contributed by atoms with Crippen molar-refractivity contribution < 1.29 is 19.1 Å². The lowest BCUT2D eigenvalue weighted by atomic mass is 9.78. The molecule has 0 aliphatic heterocycles. The number of alkyl carbamates (subject to hydrolysis) is 1. The minimum atomic E-state index is -0.464. The van der Waals surface area contributed by atoms with Gasteiger partial charge in [-0.3, -0.25) is 0 Å². The maximum atomic E-state index is 11.6. The van der Waals surface area contributed by atoms with E-state index in [0.717, 1.165) is 6.42 Å². The van der Waals surface area contributed by atoms with Crippen molar-refractivity contribution in [2.24, 2.45) is 17.3 Å². The zero-order valence-corrected chi connectivity index (χ0v) is 12.7. The molecule has 0 aromatic rings. The minimum Gasteiger partial charge on any atom is -0.460 e. The van der Waals surface area contributed by atoms with E-state index >= 15 is 0 Å². The van der Waals surface area contributed by atoms with Crippen LogP contribution in [0.15, 0.2) is 24.3 Å². The molecule has 2 aliphatic carbocycles. The summed E-state index contributed by atoms with van der Waals surface area (Å²) in [6, 6.07) is 0. The highest BCUT2D eigenvalue weighted by Gasteiger charge is 2.45. The highest BCUT2D eigenvalue weighted by atomic mass is 16.6. The lowest BCUT2D eigenvalue weighted by Gasteiger charge is -2.30. The SMILES string of the molecule is C=C(C)C(=O)OCCNC(=O)OCC1(C)CC2C=CC1C2. The number of hydrogen-bond donors (Lipinski definition) is 1. The van der Waals surface area contributed by atoms with E-state index in [4.69, 9.17) is 9.47 Å². The number of carbonyl (C=O) groups excluding carboxylic acids is 2. The van der Waals surface area contributed by atoms with Gasteiger partial charge < -0.3 is 14.8 Å². The maximum absolute atomic E-state index is 11.6. The topological polar surface area (TPSA) is 64.6 Å². The van der Waals surface area contributed by atoms with Gasteiger partial charge in [-0.2, -0.15) is 0 Å². The largest absolute Gasteiger partial charge is 0.460 e. The number of ether oxygens (including phenoxy) is 2. The number of carbonyl (C=O) groups is 2. The molecule has 2 rings (SSSR count). The van der Waals surface area contributed by atoms with E-state index in [9.17, 15) is 9.59 Å². The highest BCUT2D eigenvalue weighted by molar-refractivity contribution is 5.86. The van der Waals surface area contributed by atoms with E-state index in [-0.39, 0.29) is 18.6 Å². The predicted octanol–water partition coefficient (Wildman–Crippen LogP) is 2.43. The van der Waals surface area contributed by atoms with Gasteiger partial charge in [-0.1, -0.05) is 25.7 Å². The van der Waals surface area contributed by atoms with Crippen LogP contribution in [0, 0.1) is 17.3 Å². The smallest absolute Gasteiger partial charge is 0.407 e. The Hall–Kier alpha value is -1.78. The number of allylic oxidation sites excluding steroid dienone is 2. The first kappa shape index (κ1) is 15.6. The van der Waals surface area contributed by atoms with Crippen LogP contribution in [0.25, 0.3) is 0 Å². The Kier molecular flexibility index (Phi) is 4.70. The molecule has 0 saturated heterocycles. The molecule has 116 valence electrons. The van der Waals surface area contributed by atoms with Gasteiger partial charge in [0, 0.05) is 11.0 Å². The van der Waals surface area contributed by atoms with Crippen molar-refractivity contribution in [2.45, 2.75) is 26.7 Å². The molecule has 0 aromatic carbocycles. The van der Waals surface area contributed by atoms with Gasteiger partial charge in [-0.05, 0) is 31.6 Å². The third-order valence-electron chi connectivity index (χ3n) is 4.28. The number of hydrogen-bond acceptors (Lipinski definition) is 4. The summed E-state index contributed by atoms with van der Waals surface area (Å²) in [5.41, 5.74) is 0.401. The summed E-state index contributed by atoms with van der Waals surface area (Å²) in [7, 11) is 0. The van der Waals surface area contributed by atoms with Crippen LogP contribution in [-0.4, -0.2) is 31.8 Å². The van der Waals surface area contributed by atoms with Gasteiger partial charge in [0.2, 0.25) is 0 Å². The van der Waals surface area contributed by atoms with Gasteiger partial charge in [0.05, 0.1) is 13.2 Å². The van der Waals surface area contributed by atoms with E-state index in [1.165, 1.54) is 6.42 Å². The molecule has 0 radical (unpaired) electrons. The van der Waals surface area contributed by atoms with Crippen molar-refractivity contribution in [1.82, 2.24) is 5.32 Å². The Morgan fingerprint density at radius 2 is 2.14 bits per heavy atom. The Labute approximate surface area is 125 Å². The Morgan fingerprint density at radius 3 is 2.71 bits per heavy atom. The molecule has 5 nitrogen and oxygen atoms in total. The van der Waals surface area contributed by atoms with Crippen molar-refractivity contribution in [2.75, 3.05) is 19.8 Å². The summed E-state index contributed by atoms with van der Waals surface area (Å²) in [5.74, 6) is 0.714. The van der Waals surface area contributed by atoms with Crippen LogP contribution in [0.1, 0.15) is 26.7 Å². The molecule has 1 saturated carbocycles. The molecule has 1 N–H and O–H groups in total. The van der Waals surface area contributed by atoms with Crippen molar-refractivity contribution in [1.29, 1.82) is 0 Å². The molecule has 2 bridgehead atoms. The maximum Gasteiger partial charge on any atom is 0.407 e. The van der Waals surface area contributed by atoms with Crippen LogP contribution in [-0.2, 0) is 14.3 Å². The highest BCUT2D eigenvalue weighted by Crippen LogP contribution is 2.51. The second kappa shape index (κ2) is 6.33. The molecule has 0 heterocycles. The van der Waals surface area contributed by atoms with E-state index in [1.807, 2.05) is 0 Å². The van der Waals surface area contributed by atoms with Gasteiger partial charge in [-0.15, -0.1) is 0 Å². The Balaban J connectivity index is 1.61. The van der Waals surface area contributed by atoms with Crippen molar-refractivity contribution in [3.8, 4) is 0 Å². The van der Waals surface area contributed by atoms with Crippen LogP contribution < -0.4 is 5.32 Å². The molecule has 21 heavy (non-hydrogen) atoms. The van der Waals surface area contributed by atoms with Gasteiger partial charge in [0.1, 0.15) is 6.61 Å². The van der Waals surface area contributed by atoms with E-state index in [1.54, 1.807) is 6.92 Å². The number of nitrogens with one attached hydrogen (secondary N) is 1. The summed E-state index contributed by atoms with van der Waals surface area (Å²) in [5, 5.41) is 2.58. The fraction of sp³-hybridized carbons (Fsp3) is 0.625. The average Bonchev–Trinajstić information content (AvgIpc) is 3.01. The normalized spacial score (nSPS) is 29.2. The van der Waals surface area contributed by atoms with Crippen LogP contribution in [0.5, 0.6) is 0 Å². The molecule has 1 amide bonds. The third-order valence-corrected chi connectivity index (χ3v) is 4.28. The second-order valence-corrected chi connectivity index (χ2v) is 6.26. The Morgan fingerprint density at radius 1 is 1.38 bits per heavy atom. The van der Waals surface area contributed by atoms with Crippen LogP contribution in [0.4, 0.5) is 4.79 Å². The van der Waals surface area contributed by atoms with Crippen LogP contribution >= 0.6 is 0 Å². The summed E-state index contributed by atoms with van der Waals surface area (Å²) in [6.45, 7) is 8.00. The Bertz CT molecular complexity index is 471. The number of esters is 1. The fourth-order valence-electron chi connectivity index (χ4n) is 3.06.